The average molecular weight is 220 g/mol. The van der Waals surface area contributed by atoms with Crippen LogP contribution in [0.15, 0.2) is 24.3 Å². The van der Waals surface area contributed by atoms with Gasteiger partial charge in [0.25, 0.3) is 0 Å². The Balaban J connectivity index is 1.99. The molecule has 1 aromatic rings. The van der Waals surface area contributed by atoms with E-state index in [4.69, 9.17) is 4.74 Å². The molecule has 0 heterocycles. The SMILES string of the molecule is CC(C)c1ccc(O[C@@H]2CCC[C@H]2O)cc1. The Morgan fingerprint density at radius 1 is 1.19 bits per heavy atom. The molecule has 0 aromatic heterocycles. The summed E-state index contributed by atoms with van der Waals surface area (Å²) in [4.78, 5) is 0. The molecule has 0 radical (unpaired) electrons. The molecule has 0 amide bonds. The van der Waals surface area contributed by atoms with Gasteiger partial charge in [-0.3, -0.25) is 0 Å². The third kappa shape index (κ3) is 2.56. The molecule has 1 N–H and O–H groups in total. The van der Waals surface area contributed by atoms with E-state index in [2.05, 4.69) is 26.0 Å². The highest BCUT2D eigenvalue weighted by Gasteiger charge is 2.26. The molecule has 88 valence electrons. The second-order valence-corrected chi connectivity index (χ2v) is 4.88. The molecule has 2 nitrogen and oxygen atoms in total. The fourth-order valence-corrected chi connectivity index (χ4v) is 2.15. The third-order valence-corrected chi connectivity index (χ3v) is 3.25. The molecule has 16 heavy (non-hydrogen) atoms. The van der Waals surface area contributed by atoms with Crippen LogP contribution in [0.3, 0.4) is 0 Å². The lowest BCUT2D eigenvalue weighted by Gasteiger charge is -2.17. The normalized spacial score (nSPS) is 25.0. The van der Waals surface area contributed by atoms with Crippen LogP contribution in [0.25, 0.3) is 0 Å². The summed E-state index contributed by atoms with van der Waals surface area (Å²) in [5, 5.41) is 9.67. The number of rotatable bonds is 3. The molecule has 0 bridgehead atoms. The molecule has 0 aliphatic heterocycles. The molecule has 1 fully saturated rings. The standard InChI is InChI=1S/C14H20O2/c1-10(2)11-6-8-12(9-7-11)16-14-5-3-4-13(14)15/h6-10,13-15H,3-5H2,1-2H3/t13-,14-/m1/s1. The fourth-order valence-electron chi connectivity index (χ4n) is 2.15. The van der Waals surface area contributed by atoms with Gasteiger partial charge in [0.1, 0.15) is 11.9 Å². The lowest BCUT2D eigenvalue weighted by atomic mass is 10.0. The van der Waals surface area contributed by atoms with Crippen LogP contribution in [0.4, 0.5) is 0 Å². The first kappa shape index (κ1) is 11.5. The van der Waals surface area contributed by atoms with E-state index in [0.29, 0.717) is 5.92 Å². The third-order valence-electron chi connectivity index (χ3n) is 3.25. The van der Waals surface area contributed by atoms with Crippen molar-refractivity contribution in [1.82, 2.24) is 0 Å². The van der Waals surface area contributed by atoms with Crippen LogP contribution in [0.2, 0.25) is 0 Å². The quantitative estimate of drug-likeness (QED) is 0.848. The lowest BCUT2D eigenvalue weighted by molar-refractivity contribution is 0.0604. The second kappa shape index (κ2) is 4.88. The summed E-state index contributed by atoms with van der Waals surface area (Å²) in [5.74, 6) is 1.42. The molecule has 2 heteroatoms. The number of benzene rings is 1. The van der Waals surface area contributed by atoms with Crippen molar-refractivity contribution in [2.45, 2.75) is 51.2 Å². The Kier molecular flexibility index (Phi) is 3.49. The largest absolute Gasteiger partial charge is 0.488 e. The van der Waals surface area contributed by atoms with Crippen LogP contribution in [0.5, 0.6) is 5.75 Å². The fraction of sp³-hybridized carbons (Fsp3) is 0.571. The second-order valence-electron chi connectivity index (χ2n) is 4.88. The highest BCUT2D eigenvalue weighted by atomic mass is 16.5. The summed E-state index contributed by atoms with van der Waals surface area (Å²) < 4.78 is 5.77. The lowest BCUT2D eigenvalue weighted by Crippen LogP contribution is -2.25. The highest BCUT2D eigenvalue weighted by molar-refractivity contribution is 5.29. The van der Waals surface area contributed by atoms with Crippen LogP contribution in [0.1, 0.15) is 44.6 Å². The molecular weight excluding hydrogens is 200 g/mol. The van der Waals surface area contributed by atoms with E-state index >= 15 is 0 Å². The number of aliphatic hydroxyl groups is 1. The van der Waals surface area contributed by atoms with Crippen molar-refractivity contribution >= 4 is 0 Å². The number of hydrogen-bond donors (Lipinski definition) is 1. The van der Waals surface area contributed by atoms with Crippen molar-refractivity contribution in [1.29, 1.82) is 0 Å². The maximum absolute atomic E-state index is 9.67. The van der Waals surface area contributed by atoms with Gasteiger partial charge in [0.15, 0.2) is 0 Å². The van der Waals surface area contributed by atoms with Gasteiger partial charge in [-0.2, -0.15) is 0 Å². The van der Waals surface area contributed by atoms with Gasteiger partial charge < -0.3 is 9.84 Å². The zero-order valence-corrected chi connectivity index (χ0v) is 10.0. The smallest absolute Gasteiger partial charge is 0.124 e. The predicted molar refractivity (Wildman–Crippen MR) is 64.8 cm³/mol. The van der Waals surface area contributed by atoms with Crippen molar-refractivity contribution in [3.63, 3.8) is 0 Å². The average Bonchev–Trinajstić information content (AvgIpc) is 2.65. The van der Waals surface area contributed by atoms with Crippen molar-refractivity contribution < 1.29 is 9.84 Å². The van der Waals surface area contributed by atoms with Gasteiger partial charge in [0, 0.05) is 0 Å². The number of aliphatic hydroxyl groups excluding tert-OH is 1. The first-order chi connectivity index (χ1) is 7.66. The maximum Gasteiger partial charge on any atom is 0.124 e. The zero-order valence-electron chi connectivity index (χ0n) is 10.0. The minimum Gasteiger partial charge on any atom is -0.488 e. The summed E-state index contributed by atoms with van der Waals surface area (Å²) in [6.45, 7) is 4.35. The molecule has 2 atom stereocenters. The summed E-state index contributed by atoms with van der Waals surface area (Å²) >= 11 is 0. The monoisotopic (exact) mass is 220 g/mol. The van der Waals surface area contributed by atoms with Gasteiger partial charge in [0.05, 0.1) is 6.10 Å². The molecule has 1 aliphatic rings. The van der Waals surface area contributed by atoms with Crippen molar-refractivity contribution in [3.8, 4) is 5.75 Å². The first-order valence-electron chi connectivity index (χ1n) is 6.11. The molecule has 2 rings (SSSR count). The van der Waals surface area contributed by atoms with Crippen molar-refractivity contribution in [2.24, 2.45) is 0 Å². The van der Waals surface area contributed by atoms with Gasteiger partial charge in [-0.1, -0.05) is 26.0 Å². The van der Waals surface area contributed by atoms with Gasteiger partial charge in [-0.05, 0) is 42.9 Å². The van der Waals surface area contributed by atoms with Crippen LogP contribution in [-0.4, -0.2) is 17.3 Å². The Hall–Kier alpha value is -1.02. The van der Waals surface area contributed by atoms with Crippen LogP contribution in [-0.2, 0) is 0 Å². The first-order valence-corrected chi connectivity index (χ1v) is 6.11. The summed E-state index contributed by atoms with van der Waals surface area (Å²) in [6, 6.07) is 8.20. The van der Waals surface area contributed by atoms with Crippen molar-refractivity contribution in [3.05, 3.63) is 29.8 Å². The minimum atomic E-state index is -0.287. The molecule has 1 aromatic carbocycles. The van der Waals surface area contributed by atoms with Crippen LogP contribution < -0.4 is 4.74 Å². The van der Waals surface area contributed by atoms with E-state index in [0.717, 1.165) is 25.0 Å². The zero-order chi connectivity index (χ0) is 11.5. The van der Waals surface area contributed by atoms with E-state index in [-0.39, 0.29) is 12.2 Å². The molecule has 0 spiro atoms. The van der Waals surface area contributed by atoms with Gasteiger partial charge in [-0.15, -0.1) is 0 Å². The Labute approximate surface area is 97.3 Å². The summed E-state index contributed by atoms with van der Waals surface area (Å²) in [7, 11) is 0. The van der Waals surface area contributed by atoms with Crippen molar-refractivity contribution in [2.75, 3.05) is 0 Å². The van der Waals surface area contributed by atoms with Crippen LogP contribution >= 0.6 is 0 Å². The summed E-state index contributed by atoms with van der Waals surface area (Å²) in [5.41, 5.74) is 1.32. The van der Waals surface area contributed by atoms with E-state index in [1.165, 1.54) is 5.56 Å². The highest BCUT2D eigenvalue weighted by Crippen LogP contribution is 2.25. The van der Waals surface area contributed by atoms with E-state index in [1.54, 1.807) is 0 Å². The van der Waals surface area contributed by atoms with Gasteiger partial charge in [0.2, 0.25) is 0 Å². The number of hydrogen-bond acceptors (Lipinski definition) is 2. The minimum absolute atomic E-state index is 0.00935. The molecule has 0 unspecified atom stereocenters. The Bertz CT molecular complexity index is 329. The Morgan fingerprint density at radius 2 is 1.88 bits per heavy atom. The number of ether oxygens (including phenoxy) is 1. The van der Waals surface area contributed by atoms with E-state index < -0.39 is 0 Å². The van der Waals surface area contributed by atoms with E-state index in [1.807, 2.05) is 12.1 Å². The molecule has 0 saturated heterocycles. The summed E-state index contributed by atoms with van der Waals surface area (Å²) in [6.07, 6.45) is 2.60. The molecular formula is C14H20O2. The van der Waals surface area contributed by atoms with Crippen LogP contribution in [0, 0.1) is 0 Å². The molecule has 1 saturated carbocycles. The van der Waals surface area contributed by atoms with Gasteiger partial charge >= 0.3 is 0 Å². The maximum atomic E-state index is 9.67. The predicted octanol–water partition coefficient (Wildman–Crippen LogP) is 3.10. The van der Waals surface area contributed by atoms with E-state index in [9.17, 15) is 5.11 Å². The Morgan fingerprint density at radius 3 is 2.38 bits per heavy atom. The topological polar surface area (TPSA) is 29.5 Å². The van der Waals surface area contributed by atoms with Gasteiger partial charge in [-0.25, -0.2) is 0 Å². The molecule has 1 aliphatic carbocycles.